The molecule has 1 aliphatic rings. The van der Waals surface area contributed by atoms with E-state index in [-0.39, 0.29) is 11.8 Å². The fourth-order valence-electron chi connectivity index (χ4n) is 2.89. The number of aliphatic carboxylic acids is 1. The van der Waals surface area contributed by atoms with Crippen LogP contribution in [0.15, 0.2) is 24.3 Å². The molecule has 4 nitrogen and oxygen atoms in total. The summed E-state index contributed by atoms with van der Waals surface area (Å²) < 4.78 is 5.93. The van der Waals surface area contributed by atoms with Gasteiger partial charge in [-0.1, -0.05) is 37.5 Å². The normalized spacial score (nSPS) is 17.6. The minimum Gasteiger partial charge on any atom is -0.493 e. The van der Waals surface area contributed by atoms with Crippen molar-refractivity contribution in [2.75, 3.05) is 13.2 Å². The van der Waals surface area contributed by atoms with Crippen molar-refractivity contribution in [3.8, 4) is 5.75 Å². The minimum absolute atomic E-state index is 0.00814. The maximum Gasteiger partial charge on any atom is 0.307 e. The number of carboxylic acids is 1. The van der Waals surface area contributed by atoms with Crippen molar-refractivity contribution < 1.29 is 14.6 Å². The second kappa shape index (κ2) is 6.75. The number of hydrogen-bond acceptors (Lipinski definition) is 3. The molecule has 0 heterocycles. The minimum atomic E-state index is -0.841. The summed E-state index contributed by atoms with van der Waals surface area (Å²) >= 11 is 0. The number of carboxylic acid groups (broad SMARTS) is 1. The molecule has 4 heteroatoms. The van der Waals surface area contributed by atoms with Gasteiger partial charge in [-0.15, -0.1) is 0 Å². The Morgan fingerprint density at radius 2 is 1.95 bits per heavy atom. The second-order valence-corrected chi connectivity index (χ2v) is 5.73. The molecule has 0 unspecified atom stereocenters. The molecular formula is C16H23NO3. The van der Waals surface area contributed by atoms with Gasteiger partial charge in [0.15, 0.2) is 0 Å². The van der Waals surface area contributed by atoms with E-state index in [1.54, 1.807) is 6.07 Å². The van der Waals surface area contributed by atoms with Gasteiger partial charge in [-0.2, -0.15) is 0 Å². The summed E-state index contributed by atoms with van der Waals surface area (Å²) in [4.78, 5) is 10.9. The molecule has 0 spiro atoms. The highest BCUT2D eigenvalue weighted by Crippen LogP contribution is 2.36. The summed E-state index contributed by atoms with van der Waals surface area (Å²) in [6.45, 7) is 1.22. The fourth-order valence-corrected chi connectivity index (χ4v) is 2.89. The molecule has 2 rings (SSSR count). The topological polar surface area (TPSA) is 72.5 Å². The first kappa shape index (κ1) is 14.9. The van der Waals surface area contributed by atoms with Gasteiger partial charge in [0.2, 0.25) is 0 Å². The molecule has 0 atom stereocenters. The van der Waals surface area contributed by atoms with E-state index in [9.17, 15) is 4.79 Å². The molecule has 0 amide bonds. The van der Waals surface area contributed by atoms with Gasteiger partial charge in [-0.05, 0) is 18.9 Å². The van der Waals surface area contributed by atoms with Crippen LogP contribution in [0.2, 0.25) is 0 Å². The highest BCUT2D eigenvalue weighted by atomic mass is 16.5. The van der Waals surface area contributed by atoms with Gasteiger partial charge in [-0.3, -0.25) is 4.79 Å². The van der Waals surface area contributed by atoms with E-state index in [2.05, 4.69) is 0 Å². The van der Waals surface area contributed by atoms with Gasteiger partial charge in [0.05, 0.1) is 13.0 Å². The predicted molar refractivity (Wildman–Crippen MR) is 77.8 cm³/mol. The lowest BCUT2D eigenvalue weighted by atomic mass is 9.75. The largest absolute Gasteiger partial charge is 0.493 e. The van der Waals surface area contributed by atoms with E-state index < -0.39 is 5.97 Å². The number of benzene rings is 1. The third-order valence-corrected chi connectivity index (χ3v) is 4.20. The van der Waals surface area contributed by atoms with Crippen LogP contribution >= 0.6 is 0 Å². The Kier molecular flexibility index (Phi) is 5.01. The van der Waals surface area contributed by atoms with Crippen molar-refractivity contribution in [2.45, 2.75) is 38.5 Å². The van der Waals surface area contributed by atoms with Crippen molar-refractivity contribution in [2.24, 2.45) is 11.1 Å². The van der Waals surface area contributed by atoms with Crippen LogP contribution in [0, 0.1) is 5.41 Å². The summed E-state index contributed by atoms with van der Waals surface area (Å²) in [6, 6.07) is 7.35. The summed E-state index contributed by atoms with van der Waals surface area (Å²) in [5.74, 6) is -0.166. The maximum absolute atomic E-state index is 10.9. The maximum atomic E-state index is 10.9. The number of para-hydroxylation sites is 1. The highest BCUT2D eigenvalue weighted by Gasteiger charge is 2.31. The molecular weight excluding hydrogens is 254 g/mol. The molecule has 1 saturated carbocycles. The molecule has 0 aliphatic heterocycles. The van der Waals surface area contributed by atoms with Crippen LogP contribution < -0.4 is 10.5 Å². The van der Waals surface area contributed by atoms with Gasteiger partial charge in [-0.25, -0.2) is 0 Å². The first-order valence-electron chi connectivity index (χ1n) is 7.28. The Hall–Kier alpha value is -1.55. The number of carbonyl (C=O) groups is 1. The molecule has 0 bridgehead atoms. The van der Waals surface area contributed by atoms with E-state index >= 15 is 0 Å². The van der Waals surface area contributed by atoms with E-state index in [0.717, 1.165) is 18.4 Å². The molecule has 0 radical (unpaired) electrons. The molecule has 20 heavy (non-hydrogen) atoms. The van der Waals surface area contributed by atoms with Gasteiger partial charge in [0.25, 0.3) is 0 Å². The third-order valence-electron chi connectivity index (χ3n) is 4.20. The lowest BCUT2D eigenvalue weighted by Crippen LogP contribution is -2.38. The monoisotopic (exact) mass is 277 g/mol. The first-order chi connectivity index (χ1) is 9.65. The van der Waals surface area contributed by atoms with Crippen LogP contribution in [0.1, 0.15) is 37.7 Å². The highest BCUT2D eigenvalue weighted by molar-refractivity contribution is 5.71. The summed E-state index contributed by atoms with van der Waals surface area (Å²) in [6.07, 6.45) is 5.88. The van der Waals surface area contributed by atoms with Gasteiger partial charge in [0, 0.05) is 17.5 Å². The van der Waals surface area contributed by atoms with Crippen LogP contribution in [-0.2, 0) is 11.2 Å². The first-order valence-corrected chi connectivity index (χ1v) is 7.28. The van der Waals surface area contributed by atoms with Gasteiger partial charge >= 0.3 is 5.97 Å². The van der Waals surface area contributed by atoms with Crippen molar-refractivity contribution >= 4 is 5.97 Å². The van der Waals surface area contributed by atoms with E-state index in [0.29, 0.717) is 18.9 Å². The molecule has 0 saturated heterocycles. The Labute approximate surface area is 119 Å². The zero-order chi connectivity index (χ0) is 14.4. The number of ether oxygens (including phenoxy) is 1. The number of nitrogens with two attached hydrogens (primary N) is 1. The third kappa shape index (κ3) is 3.73. The van der Waals surface area contributed by atoms with E-state index in [1.165, 1.54) is 19.3 Å². The lowest BCUT2D eigenvalue weighted by molar-refractivity contribution is -0.136. The van der Waals surface area contributed by atoms with E-state index in [4.69, 9.17) is 15.6 Å². The molecule has 1 aliphatic carbocycles. The van der Waals surface area contributed by atoms with Crippen molar-refractivity contribution in [3.63, 3.8) is 0 Å². The van der Waals surface area contributed by atoms with Crippen LogP contribution in [-0.4, -0.2) is 24.2 Å². The second-order valence-electron chi connectivity index (χ2n) is 5.73. The van der Waals surface area contributed by atoms with Gasteiger partial charge in [0.1, 0.15) is 5.75 Å². The van der Waals surface area contributed by atoms with Crippen molar-refractivity contribution in [1.82, 2.24) is 0 Å². The van der Waals surface area contributed by atoms with Crippen LogP contribution in [0.25, 0.3) is 0 Å². The molecule has 1 aromatic carbocycles. The smallest absolute Gasteiger partial charge is 0.307 e. The Morgan fingerprint density at radius 3 is 2.60 bits per heavy atom. The molecule has 1 aromatic rings. The molecule has 110 valence electrons. The number of hydrogen-bond donors (Lipinski definition) is 2. The van der Waals surface area contributed by atoms with Crippen molar-refractivity contribution in [3.05, 3.63) is 29.8 Å². The van der Waals surface area contributed by atoms with Crippen LogP contribution in [0.4, 0.5) is 0 Å². The van der Waals surface area contributed by atoms with Crippen LogP contribution in [0.5, 0.6) is 5.75 Å². The standard InChI is InChI=1S/C16H23NO3/c17-11-16(8-4-1-5-9-16)12-20-14-7-3-2-6-13(14)10-15(18)19/h2-3,6-7H,1,4-5,8-12,17H2,(H,18,19). The van der Waals surface area contributed by atoms with E-state index in [1.807, 2.05) is 18.2 Å². The van der Waals surface area contributed by atoms with Crippen LogP contribution in [0.3, 0.4) is 0 Å². The predicted octanol–water partition coefficient (Wildman–Crippen LogP) is 2.60. The fraction of sp³-hybridized carbons (Fsp3) is 0.562. The Bertz CT molecular complexity index is 453. The molecule has 1 fully saturated rings. The number of rotatable bonds is 6. The Balaban J connectivity index is 2.04. The Morgan fingerprint density at radius 1 is 1.25 bits per heavy atom. The zero-order valence-corrected chi connectivity index (χ0v) is 11.8. The molecule has 0 aromatic heterocycles. The quantitative estimate of drug-likeness (QED) is 0.838. The summed E-state index contributed by atoms with van der Waals surface area (Å²) in [5, 5.41) is 8.93. The molecule has 3 N–H and O–H groups in total. The average molecular weight is 277 g/mol. The SMILES string of the molecule is NCC1(COc2ccccc2CC(=O)O)CCCCC1. The van der Waals surface area contributed by atoms with Crippen molar-refractivity contribution in [1.29, 1.82) is 0 Å². The lowest BCUT2D eigenvalue weighted by Gasteiger charge is -2.36. The van der Waals surface area contributed by atoms with Gasteiger partial charge < -0.3 is 15.6 Å². The summed E-state index contributed by atoms with van der Waals surface area (Å²) in [5.41, 5.74) is 6.74. The zero-order valence-electron chi connectivity index (χ0n) is 11.8. The summed E-state index contributed by atoms with van der Waals surface area (Å²) in [7, 11) is 0. The average Bonchev–Trinajstić information content (AvgIpc) is 2.47.